The number of Topliss-reactive ketones (excluding diaryl/α,β-unsaturated/α-hetero) is 1. The molecule has 0 saturated carbocycles. The van der Waals surface area contributed by atoms with E-state index in [2.05, 4.69) is 10.2 Å². The SMILES string of the molecule is COc1ccc(N=NC2=C(O)C(C#N)C(C)(C)CC2=O)c([N+](=O)[O-])c1. The summed E-state index contributed by atoms with van der Waals surface area (Å²) in [5, 5.41) is 38.0. The van der Waals surface area contributed by atoms with Crippen molar-refractivity contribution in [1.82, 2.24) is 0 Å². The van der Waals surface area contributed by atoms with Crippen molar-refractivity contribution in [2.24, 2.45) is 21.6 Å². The van der Waals surface area contributed by atoms with Gasteiger partial charge in [-0.2, -0.15) is 5.26 Å². The van der Waals surface area contributed by atoms with E-state index in [1.54, 1.807) is 13.8 Å². The Kier molecular flexibility index (Phi) is 4.83. The standard InChI is InChI=1S/C16H16N4O5/c1-16(2)7-13(21)14(15(22)10(16)8-17)19-18-11-5-4-9(25-3)6-12(11)20(23)24/h4-6,10,22H,7H2,1-3H3. The van der Waals surface area contributed by atoms with Crippen molar-refractivity contribution in [3.8, 4) is 11.8 Å². The van der Waals surface area contributed by atoms with Gasteiger partial charge in [-0.3, -0.25) is 14.9 Å². The van der Waals surface area contributed by atoms with Crippen LogP contribution in [-0.4, -0.2) is 22.9 Å². The molecule has 1 aromatic rings. The molecule has 0 amide bonds. The molecule has 1 aliphatic rings. The first-order valence-corrected chi connectivity index (χ1v) is 7.31. The number of carbonyl (C=O) groups is 1. The first-order valence-electron chi connectivity index (χ1n) is 7.31. The highest BCUT2D eigenvalue weighted by molar-refractivity contribution is 5.97. The molecular formula is C16H16N4O5. The molecule has 0 fully saturated rings. The number of azo groups is 1. The highest BCUT2D eigenvalue weighted by Gasteiger charge is 2.42. The molecule has 0 bridgehead atoms. The van der Waals surface area contributed by atoms with Crippen molar-refractivity contribution in [3.63, 3.8) is 0 Å². The molecule has 1 aliphatic carbocycles. The zero-order valence-electron chi connectivity index (χ0n) is 13.9. The lowest BCUT2D eigenvalue weighted by molar-refractivity contribution is -0.384. The van der Waals surface area contributed by atoms with E-state index in [1.165, 1.54) is 25.3 Å². The summed E-state index contributed by atoms with van der Waals surface area (Å²) in [5.74, 6) is -1.59. The summed E-state index contributed by atoms with van der Waals surface area (Å²) in [6.07, 6.45) is 0.00828. The van der Waals surface area contributed by atoms with Crippen LogP contribution in [0.25, 0.3) is 0 Å². The van der Waals surface area contributed by atoms with E-state index in [-0.39, 0.29) is 29.2 Å². The van der Waals surface area contributed by atoms with Crippen molar-refractivity contribution >= 4 is 17.2 Å². The lowest BCUT2D eigenvalue weighted by Crippen LogP contribution is -2.33. The molecule has 1 N–H and O–H groups in total. The van der Waals surface area contributed by atoms with E-state index in [0.29, 0.717) is 0 Å². The topological polar surface area (TPSA) is 138 Å². The third-order valence-corrected chi connectivity index (χ3v) is 3.94. The number of rotatable bonds is 4. The molecule has 2 rings (SSSR count). The van der Waals surface area contributed by atoms with E-state index in [4.69, 9.17) is 4.74 Å². The average Bonchev–Trinajstić information content (AvgIpc) is 2.53. The summed E-state index contributed by atoms with van der Waals surface area (Å²) in [7, 11) is 1.37. The van der Waals surface area contributed by atoms with Crippen LogP contribution in [0.1, 0.15) is 20.3 Å². The van der Waals surface area contributed by atoms with Gasteiger partial charge >= 0.3 is 0 Å². The van der Waals surface area contributed by atoms with Gasteiger partial charge in [0.25, 0.3) is 5.69 Å². The van der Waals surface area contributed by atoms with Crippen molar-refractivity contribution in [2.45, 2.75) is 20.3 Å². The highest BCUT2D eigenvalue weighted by atomic mass is 16.6. The van der Waals surface area contributed by atoms with Crippen LogP contribution in [0, 0.1) is 32.8 Å². The minimum Gasteiger partial charge on any atom is -0.508 e. The number of hydrogen-bond donors (Lipinski definition) is 1. The zero-order chi connectivity index (χ0) is 18.8. The first kappa shape index (κ1) is 18.1. The maximum atomic E-state index is 12.2. The van der Waals surface area contributed by atoms with Crippen LogP contribution in [0.4, 0.5) is 11.4 Å². The summed E-state index contributed by atoms with van der Waals surface area (Å²) in [6.45, 7) is 3.38. The number of methoxy groups -OCH3 is 1. The normalized spacial score (nSPS) is 19.8. The summed E-state index contributed by atoms with van der Waals surface area (Å²) >= 11 is 0. The second kappa shape index (κ2) is 6.68. The fraction of sp³-hybridized carbons (Fsp3) is 0.375. The Morgan fingerprint density at radius 3 is 2.68 bits per heavy atom. The van der Waals surface area contributed by atoms with Crippen LogP contribution >= 0.6 is 0 Å². The molecule has 130 valence electrons. The summed E-state index contributed by atoms with van der Waals surface area (Å²) in [6, 6.07) is 5.90. The van der Waals surface area contributed by atoms with Gasteiger partial charge in [0.2, 0.25) is 0 Å². The molecule has 0 saturated heterocycles. The summed E-state index contributed by atoms with van der Waals surface area (Å²) in [4.78, 5) is 22.7. The number of nitro groups is 1. The number of nitriles is 1. The van der Waals surface area contributed by atoms with Crippen molar-refractivity contribution in [1.29, 1.82) is 5.26 Å². The third-order valence-electron chi connectivity index (χ3n) is 3.94. The average molecular weight is 344 g/mol. The first-order chi connectivity index (χ1) is 11.7. The van der Waals surface area contributed by atoms with Gasteiger partial charge < -0.3 is 9.84 Å². The Morgan fingerprint density at radius 2 is 2.12 bits per heavy atom. The number of benzene rings is 1. The largest absolute Gasteiger partial charge is 0.508 e. The third kappa shape index (κ3) is 3.47. The van der Waals surface area contributed by atoms with Gasteiger partial charge in [-0.05, 0) is 17.5 Å². The van der Waals surface area contributed by atoms with E-state index in [1.807, 2.05) is 6.07 Å². The number of nitro benzene ring substituents is 1. The van der Waals surface area contributed by atoms with E-state index in [0.717, 1.165) is 0 Å². The second-order valence-corrected chi connectivity index (χ2v) is 6.20. The van der Waals surface area contributed by atoms with Crippen LogP contribution in [0.3, 0.4) is 0 Å². The molecule has 1 aromatic carbocycles. The zero-order valence-corrected chi connectivity index (χ0v) is 13.9. The van der Waals surface area contributed by atoms with E-state index < -0.39 is 27.8 Å². The molecule has 9 nitrogen and oxygen atoms in total. The van der Waals surface area contributed by atoms with E-state index >= 15 is 0 Å². The molecule has 1 unspecified atom stereocenters. The molecular weight excluding hydrogens is 328 g/mol. The fourth-order valence-corrected chi connectivity index (χ4v) is 2.56. The van der Waals surface area contributed by atoms with Crippen LogP contribution < -0.4 is 4.74 Å². The van der Waals surface area contributed by atoms with Crippen LogP contribution in [-0.2, 0) is 4.79 Å². The number of nitrogens with zero attached hydrogens (tertiary/aromatic N) is 4. The number of allylic oxidation sites excluding steroid dienone is 2. The quantitative estimate of drug-likeness (QED) is 0.503. The molecule has 0 spiro atoms. The summed E-state index contributed by atoms with van der Waals surface area (Å²) < 4.78 is 4.92. The predicted octanol–water partition coefficient (Wildman–Crippen LogP) is 3.60. The van der Waals surface area contributed by atoms with Gasteiger partial charge in [-0.25, -0.2) is 0 Å². The number of carbonyl (C=O) groups excluding carboxylic acids is 1. The molecule has 25 heavy (non-hydrogen) atoms. The Hall–Kier alpha value is -3.28. The number of hydrogen-bond acceptors (Lipinski definition) is 8. The number of aliphatic hydroxyl groups excluding tert-OH is 1. The van der Waals surface area contributed by atoms with Crippen molar-refractivity contribution < 1.29 is 19.6 Å². The highest BCUT2D eigenvalue weighted by Crippen LogP contribution is 2.41. The van der Waals surface area contributed by atoms with Gasteiger partial charge in [0.05, 0.1) is 24.2 Å². The fourth-order valence-electron chi connectivity index (χ4n) is 2.56. The van der Waals surface area contributed by atoms with Gasteiger partial charge in [0.1, 0.15) is 17.4 Å². The van der Waals surface area contributed by atoms with Gasteiger partial charge in [0.15, 0.2) is 17.2 Å². The number of ketones is 1. The molecule has 0 radical (unpaired) electrons. The lowest BCUT2D eigenvalue weighted by atomic mass is 9.70. The van der Waals surface area contributed by atoms with Gasteiger partial charge in [-0.15, -0.1) is 10.2 Å². The Bertz CT molecular complexity index is 835. The van der Waals surface area contributed by atoms with Crippen LogP contribution in [0.5, 0.6) is 5.75 Å². The monoisotopic (exact) mass is 344 g/mol. The minimum atomic E-state index is -0.912. The molecule has 1 atom stereocenters. The Balaban J connectivity index is 2.47. The van der Waals surface area contributed by atoms with Crippen LogP contribution in [0.15, 0.2) is 39.9 Å². The smallest absolute Gasteiger partial charge is 0.300 e. The predicted molar refractivity (Wildman–Crippen MR) is 86.3 cm³/mol. The number of aliphatic hydroxyl groups is 1. The minimum absolute atomic E-state index is 0.00828. The summed E-state index contributed by atoms with van der Waals surface area (Å²) in [5.41, 5.74) is -1.54. The second-order valence-electron chi connectivity index (χ2n) is 6.20. The maximum absolute atomic E-state index is 12.2. The van der Waals surface area contributed by atoms with Crippen molar-refractivity contribution in [3.05, 3.63) is 39.8 Å². The van der Waals surface area contributed by atoms with Crippen LogP contribution in [0.2, 0.25) is 0 Å². The lowest BCUT2D eigenvalue weighted by Gasteiger charge is -2.32. The van der Waals surface area contributed by atoms with E-state index in [9.17, 15) is 25.3 Å². The molecule has 0 aromatic heterocycles. The molecule has 0 heterocycles. The van der Waals surface area contributed by atoms with Gasteiger partial charge in [0, 0.05) is 6.42 Å². The van der Waals surface area contributed by atoms with Gasteiger partial charge in [-0.1, -0.05) is 13.8 Å². The van der Waals surface area contributed by atoms with Crippen molar-refractivity contribution in [2.75, 3.05) is 7.11 Å². The Labute approximate surface area is 143 Å². The molecule has 0 aliphatic heterocycles. The molecule has 9 heteroatoms. The Morgan fingerprint density at radius 1 is 1.44 bits per heavy atom. The maximum Gasteiger partial charge on any atom is 0.300 e. The number of ether oxygens (including phenoxy) is 1.